The van der Waals surface area contributed by atoms with Gasteiger partial charge in [-0.15, -0.1) is 0 Å². The Morgan fingerprint density at radius 3 is 2.65 bits per heavy atom. The van der Waals surface area contributed by atoms with E-state index < -0.39 is 6.03 Å². The van der Waals surface area contributed by atoms with Crippen LogP contribution in [-0.2, 0) is 0 Å². The number of nitrogens with zero attached hydrogens (tertiary/aromatic N) is 1. The van der Waals surface area contributed by atoms with E-state index in [0.29, 0.717) is 22.3 Å². The van der Waals surface area contributed by atoms with E-state index in [-0.39, 0.29) is 0 Å². The van der Waals surface area contributed by atoms with Gasteiger partial charge in [-0.2, -0.15) is 0 Å². The van der Waals surface area contributed by atoms with Crippen molar-refractivity contribution in [3.05, 3.63) is 65.2 Å². The number of anilines is 2. The summed E-state index contributed by atoms with van der Waals surface area (Å²) in [6.45, 7) is 1.88. The van der Waals surface area contributed by atoms with Crippen LogP contribution in [-0.4, -0.2) is 11.2 Å². The summed E-state index contributed by atoms with van der Waals surface area (Å²) in [7, 11) is 0. The van der Waals surface area contributed by atoms with Crippen molar-refractivity contribution in [1.82, 2.24) is 5.16 Å². The van der Waals surface area contributed by atoms with Crippen LogP contribution < -0.4 is 10.6 Å². The summed E-state index contributed by atoms with van der Waals surface area (Å²) in [5, 5.41) is 9.76. The lowest BCUT2D eigenvalue weighted by Gasteiger charge is -2.08. The first kappa shape index (κ1) is 15.1. The standard InChI is InChI=1S/C17H14ClN3O2/c1-11-7-8-13(18)9-14(11)19-17(22)20-16-10-15(23-21-16)12-5-3-2-4-6-12/h2-10H,1H3,(H2,19,20,21,22). The van der Waals surface area contributed by atoms with Crippen LogP contribution in [0.1, 0.15) is 5.56 Å². The number of rotatable bonds is 3. The molecule has 0 atom stereocenters. The average molecular weight is 328 g/mol. The fraction of sp³-hybridized carbons (Fsp3) is 0.0588. The first-order valence-electron chi connectivity index (χ1n) is 6.98. The molecule has 0 bridgehead atoms. The number of carbonyl (C=O) groups excluding carboxylic acids is 1. The number of benzene rings is 2. The second kappa shape index (κ2) is 6.54. The molecule has 0 saturated carbocycles. The van der Waals surface area contributed by atoms with Crippen molar-refractivity contribution in [3.63, 3.8) is 0 Å². The van der Waals surface area contributed by atoms with Crippen molar-refractivity contribution in [1.29, 1.82) is 0 Å². The molecule has 116 valence electrons. The van der Waals surface area contributed by atoms with Crippen LogP contribution in [0.15, 0.2) is 59.1 Å². The number of urea groups is 1. The Morgan fingerprint density at radius 1 is 1.09 bits per heavy atom. The van der Waals surface area contributed by atoms with Gasteiger partial charge in [-0.3, -0.25) is 5.32 Å². The van der Waals surface area contributed by atoms with E-state index in [1.54, 1.807) is 18.2 Å². The normalized spacial score (nSPS) is 10.3. The highest BCUT2D eigenvalue weighted by molar-refractivity contribution is 6.31. The zero-order valence-electron chi connectivity index (χ0n) is 12.3. The van der Waals surface area contributed by atoms with E-state index in [2.05, 4.69) is 15.8 Å². The fourth-order valence-corrected chi connectivity index (χ4v) is 2.24. The first-order chi connectivity index (χ1) is 11.1. The molecule has 6 heteroatoms. The summed E-state index contributed by atoms with van der Waals surface area (Å²) in [5.41, 5.74) is 2.44. The Hall–Kier alpha value is -2.79. The molecule has 23 heavy (non-hydrogen) atoms. The third kappa shape index (κ3) is 3.70. The van der Waals surface area contributed by atoms with Crippen molar-refractivity contribution in [2.24, 2.45) is 0 Å². The molecular formula is C17H14ClN3O2. The van der Waals surface area contributed by atoms with Crippen molar-refractivity contribution >= 4 is 29.1 Å². The van der Waals surface area contributed by atoms with E-state index in [1.165, 1.54) is 0 Å². The Kier molecular flexibility index (Phi) is 4.30. The van der Waals surface area contributed by atoms with Gasteiger partial charge in [0.2, 0.25) is 0 Å². The van der Waals surface area contributed by atoms with E-state index >= 15 is 0 Å². The second-order valence-electron chi connectivity index (χ2n) is 4.98. The summed E-state index contributed by atoms with van der Waals surface area (Å²) in [6, 6.07) is 16.1. The van der Waals surface area contributed by atoms with Gasteiger partial charge in [0.15, 0.2) is 11.6 Å². The molecule has 0 aliphatic rings. The number of aryl methyl sites for hydroxylation is 1. The number of hydrogen-bond donors (Lipinski definition) is 2. The predicted molar refractivity (Wildman–Crippen MR) is 90.8 cm³/mol. The van der Waals surface area contributed by atoms with Gasteiger partial charge in [0.25, 0.3) is 0 Å². The number of carbonyl (C=O) groups is 1. The molecule has 0 saturated heterocycles. The molecule has 0 radical (unpaired) electrons. The molecule has 2 aromatic carbocycles. The maximum atomic E-state index is 12.0. The van der Waals surface area contributed by atoms with Gasteiger partial charge in [0.1, 0.15) is 0 Å². The largest absolute Gasteiger partial charge is 0.354 e. The molecule has 0 aliphatic carbocycles. The Balaban J connectivity index is 1.69. The molecule has 3 rings (SSSR count). The number of hydrogen-bond acceptors (Lipinski definition) is 3. The maximum Gasteiger partial charge on any atom is 0.324 e. The van der Waals surface area contributed by atoms with Crippen molar-refractivity contribution < 1.29 is 9.32 Å². The molecule has 5 nitrogen and oxygen atoms in total. The lowest BCUT2D eigenvalue weighted by Crippen LogP contribution is -2.20. The van der Waals surface area contributed by atoms with Crippen LogP contribution in [0.3, 0.4) is 0 Å². The fourth-order valence-electron chi connectivity index (χ4n) is 2.07. The highest BCUT2D eigenvalue weighted by Gasteiger charge is 2.10. The monoisotopic (exact) mass is 327 g/mol. The van der Waals surface area contributed by atoms with Crippen molar-refractivity contribution in [2.45, 2.75) is 6.92 Å². The van der Waals surface area contributed by atoms with Gasteiger partial charge < -0.3 is 9.84 Å². The van der Waals surface area contributed by atoms with E-state index in [0.717, 1.165) is 11.1 Å². The SMILES string of the molecule is Cc1ccc(Cl)cc1NC(=O)Nc1cc(-c2ccccc2)on1. The summed E-state index contributed by atoms with van der Waals surface area (Å²) in [5.74, 6) is 0.917. The van der Waals surface area contributed by atoms with E-state index in [1.807, 2.05) is 43.3 Å². The summed E-state index contributed by atoms with van der Waals surface area (Å²) >= 11 is 5.93. The lowest BCUT2D eigenvalue weighted by atomic mass is 10.2. The van der Waals surface area contributed by atoms with Crippen LogP contribution in [0.2, 0.25) is 5.02 Å². The van der Waals surface area contributed by atoms with Gasteiger partial charge >= 0.3 is 6.03 Å². The van der Waals surface area contributed by atoms with Crippen LogP contribution in [0, 0.1) is 6.92 Å². The Labute approximate surface area is 138 Å². The minimum atomic E-state index is -0.414. The zero-order valence-corrected chi connectivity index (χ0v) is 13.1. The highest BCUT2D eigenvalue weighted by Crippen LogP contribution is 2.23. The minimum Gasteiger partial charge on any atom is -0.354 e. The Morgan fingerprint density at radius 2 is 1.87 bits per heavy atom. The molecule has 1 heterocycles. The minimum absolute atomic E-state index is 0.334. The molecule has 0 unspecified atom stereocenters. The van der Waals surface area contributed by atoms with Crippen molar-refractivity contribution in [2.75, 3.05) is 10.6 Å². The number of amides is 2. The van der Waals surface area contributed by atoms with Crippen LogP contribution in [0.5, 0.6) is 0 Å². The second-order valence-corrected chi connectivity index (χ2v) is 5.42. The highest BCUT2D eigenvalue weighted by atomic mass is 35.5. The summed E-state index contributed by atoms with van der Waals surface area (Å²) in [4.78, 5) is 12.0. The van der Waals surface area contributed by atoms with Gasteiger partial charge in [-0.25, -0.2) is 4.79 Å². The average Bonchev–Trinajstić information content (AvgIpc) is 3.00. The smallest absolute Gasteiger partial charge is 0.324 e. The van der Waals surface area contributed by atoms with Gasteiger partial charge in [0, 0.05) is 22.3 Å². The van der Waals surface area contributed by atoms with Crippen LogP contribution in [0.4, 0.5) is 16.3 Å². The predicted octanol–water partition coefficient (Wildman–Crippen LogP) is 4.95. The third-order valence-corrected chi connectivity index (χ3v) is 3.49. The quantitative estimate of drug-likeness (QED) is 0.715. The van der Waals surface area contributed by atoms with Crippen LogP contribution >= 0.6 is 11.6 Å². The van der Waals surface area contributed by atoms with E-state index in [4.69, 9.17) is 16.1 Å². The Bertz CT molecular complexity index is 831. The molecule has 2 N–H and O–H groups in total. The molecule has 0 fully saturated rings. The molecular weight excluding hydrogens is 314 g/mol. The van der Waals surface area contributed by atoms with Gasteiger partial charge in [-0.1, -0.05) is 53.2 Å². The number of halogens is 1. The van der Waals surface area contributed by atoms with E-state index in [9.17, 15) is 4.79 Å². The van der Waals surface area contributed by atoms with Gasteiger partial charge in [0.05, 0.1) is 0 Å². The van der Waals surface area contributed by atoms with Crippen LogP contribution in [0.25, 0.3) is 11.3 Å². The molecule has 0 spiro atoms. The summed E-state index contributed by atoms with van der Waals surface area (Å²) in [6.07, 6.45) is 0. The maximum absolute atomic E-state index is 12.0. The molecule has 3 aromatic rings. The molecule has 1 aromatic heterocycles. The van der Waals surface area contributed by atoms with Gasteiger partial charge in [-0.05, 0) is 24.6 Å². The lowest BCUT2D eigenvalue weighted by molar-refractivity contribution is 0.262. The number of nitrogens with one attached hydrogen (secondary N) is 2. The topological polar surface area (TPSA) is 67.2 Å². The first-order valence-corrected chi connectivity index (χ1v) is 7.36. The molecule has 2 amide bonds. The zero-order chi connectivity index (χ0) is 16.2. The van der Waals surface area contributed by atoms with Crippen molar-refractivity contribution in [3.8, 4) is 11.3 Å². The number of aromatic nitrogens is 1. The third-order valence-electron chi connectivity index (χ3n) is 3.26. The summed E-state index contributed by atoms with van der Waals surface area (Å²) < 4.78 is 5.23. The molecule has 0 aliphatic heterocycles.